The highest BCUT2D eigenvalue weighted by Gasteiger charge is 2.27. The largest absolute Gasteiger partial charge is 0.382 e. The second-order valence-corrected chi connectivity index (χ2v) is 6.51. The van der Waals surface area contributed by atoms with Gasteiger partial charge >= 0.3 is 0 Å². The number of anilines is 1. The fourth-order valence-electron chi connectivity index (χ4n) is 1.84. The first-order valence-corrected chi connectivity index (χ1v) is 6.52. The van der Waals surface area contributed by atoms with Gasteiger partial charge in [0.05, 0.1) is 12.4 Å². The lowest BCUT2D eigenvalue weighted by Crippen LogP contribution is -2.43. The van der Waals surface area contributed by atoms with Crippen LogP contribution >= 0.6 is 11.8 Å². The molecule has 1 aromatic heterocycles. The Morgan fingerprint density at radius 1 is 1.47 bits per heavy atom. The van der Waals surface area contributed by atoms with Crippen molar-refractivity contribution >= 4 is 23.4 Å². The summed E-state index contributed by atoms with van der Waals surface area (Å²) in [5.41, 5.74) is 5.78. The summed E-state index contributed by atoms with van der Waals surface area (Å²) in [6.07, 6.45) is 3.26. The maximum Gasteiger partial charge on any atom is 0.147 e. The number of nitrogens with one attached hydrogen (secondary N) is 1. The first kappa shape index (κ1) is 12.2. The van der Waals surface area contributed by atoms with Crippen molar-refractivity contribution in [3.8, 4) is 0 Å². The number of thioether (sulfide) groups is 1. The lowest BCUT2D eigenvalue weighted by atomic mass is 10.2. The van der Waals surface area contributed by atoms with E-state index in [1.807, 2.05) is 11.8 Å². The van der Waals surface area contributed by atoms with Gasteiger partial charge in [-0.25, -0.2) is 9.97 Å². The number of nitrogens with two attached hydrogens (primary N) is 1. The van der Waals surface area contributed by atoms with Crippen LogP contribution in [0.3, 0.4) is 0 Å². The molecule has 0 bridgehead atoms. The first-order valence-electron chi connectivity index (χ1n) is 5.53. The molecule has 1 aliphatic heterocycles. The number of aromatic nitrogens is 2. The minimum Gasteiger partial charge on any atom is -0.382 e. The predicted molar refractivity (Wildman–Crippen MR) is 71.8 cm³/mol. The van der Waals surface area contributed by atoms with Crippen LogP contribution in [0.2, 0.25) is 0 Å². The topological polar surface area (TPSA) is 78.9 Å². The molecule has 0 unspecified atom stereocenters. The standard InChI is InChI=1S/C11H17N5S/c1-11(2)7-16(3-4-17-11)9-6-14-8(5-15-9)10(12)13/h5-6H,3-4,7H2,1-2H3,(H3,12,13). The number of nitrogens with zero attached hydrogens (tertiary/aromatic N) is 3. The van der Waals surface area contributed by atoms with Gasteiger partial charge in [0.15, 0.2) is 0 Å². The van der Waals surface area contributed by atoms with E-state index in [0.29, 0.717) is 5.69 Å². The monoisotopic (exact) mass is 251 g/mol. The third-order valence-electron chi connectivity index (χ3n) is 2.66. The summed E-state index contributed by atoms with van der Waals surface area (Å²) < 4.78 is 0.249. The summed E-state index contributed by atoms with van der Waals surface area (Å²) in [5.74, 6) is 1.92. The molecule has 5 nitrogen and oxygen atoms in total. The molecule has 1 fully saturated rings. The van der Waals surface area contributed by atoms with E-state index < -0.39 is 0 Å². The van der Waals surface area contributed by atoms with Gasteiger partial charge in [0.25, 0.3) is 0 Å². The van der Waals surface area contributed by atoms with Crippen LogP contribution in [0.15, 0.2) is 12.4 Å². The van der Waals surface area contributed by atoms with E-state index in [1.165, 1.54) is 0 Å². The van der Waals surface area contributed by atoms with E-state index in [-0.39, 0.29) is 10.6 Å². The van der Waals surface area contributed by atoms with Crippen LogP contribution in [0.5, 0.6) is 0 Å². The van der Waals surface area contributed by atoms with Crippen LogP contribution in [0.1, 0.15) is 19.5 Å². The van der Waals surface area contributed by atoms with Crippen LogP contribution in [0, 0.1) is 5.41 Å². The van der Waals surface area contributed by atoms with Crippen LogP contribution in [0.4, 0.5) is 5.82 Å². The molecule has 0 atom stereocenters. The normalized spacial score (nSPS) is 19.1. The molecule has 0 amide bonds. The van der Waals surface area contributed by atoms with Gasteiger partial charge in [0.1, 0.15) is 17.3 Å². The maximum absolute atomic E-state index is 7.27. The Kier molecular flexibility index (Phi) is 3.24. The zero-order valence-electron chi connectivity index (χ0n) is 10.1. The smallest absolute Gasteiger partial charge is 0.147 e. The molecular formula is C11H17N5S. The minimum absolute atomic E-state index is 0.0430. The Bertz CT molecular complexity index is 414. The van der Waals surface area contributed by atoms with Crippen molar-refractivity contribution in [2.45, 2.75) is 18.6 Å². The molecule has 1 saturated heterocycles. The van der Waals surface area contributed by atoms with Gasteiger partial charge in [-0.1, -0.05) is 0 Å². The highest BCUT2D eigenvalue weighted by Crippen LogP contribution is 2.31. The quantitative estimate of drug-likeness (QED) is 0.607. The summed E-state index contributed by atoms with van der Waals surface area (Å²) in [4.78, 5) is 10.7. The molecule has 2 rings (SSSR count). The van der Waals surface area contributed by atoms with Gasteiger partial charge in [0, 0.05) is 23.6 Å². The van der Waals surface area contributed by atoms with E-state index >= 15 is 0 Å². The molecule has 2 heterocycles. The second kappa shape index (κ2) is 4.52. The summed E-state index contributed by atoms with van der Waals surface area (Å²) in [6, 6.07) is 0. The van der Waals surface area contributed by atoms with Crippen LogP contribution in [-0.4, -0.2) is 39.4 Å². The molecule has 0 radical (unpaired) electrons. The van der Waals surface area contributed by atoms with E-state index in [2.05, 4.69) is 28.7 Å². The van der Waals surface area contributed by atoms with Crippen molar-refractivity contribution in [2.75, 3.05) is 23.7 Å². The Morgan fingerprint density at radius 3 is 2.76 bits per heavy atom. The van der Waals surface area contributed by atoms with E-state index in [1.54, 1.807) is 12.4 Å². The summed E-state index contributed by atoms with van der Waals surface area (Å²) in [5, 5.41) is 7.27. The minimum atomic E-state index is -0.0430. The highest BCUT2D eigenvalue weighted by atomic mass is 32.2. The SMILES string of the molecule is CC1(C)CN(c2cnc(C(=N)N)cn2)CCS1. The average Bonchev–Trinajstić information content (AvgIpc) is 2.28. The zero-order chi connectivity index (χ0) is 12.5. The van der Waals surface area contributed by atoms with Crippen LogP contribution < -0.4 is 10.6 Å². The van der Waals surface area contributed by atoms with Crippen molar-refractivity contribution in [1.82, 2.24) is 9.97 Å². The van der Waals surface area contributed by atoms with Gasteiger partial charge in [-0.05, 0) is 13.8 Å². The number of hydrogen-bond acceptors (Lipinski definition) is 5. The number of rotatable bonds is 2. The molecule has 0 aliphatic carbocycles. The van der Waals surface area contributed by atoms with Crippen molar-refractivity contribution in [3.63, 3.8) is 0 Å². The van der Waals surface area contributed by atoms with Gasteiger partial charge in [0.2, 0.25) is 0 Å². The molecule has 0 spiro atoms. The highest BCUT2D eigenvalue weighted by molar-refractivity contribution is 8.00. The fraction of sp³-hybridized carbons (Fsp3) is 0.545. The van der Waals surface area contributed by atoms with Gasteiger partial charge in [-0.2, -0.15) is 11.8 Å². The molecular weight excluding hydrogens is 234 g/mol. The van der Waals surface area contributed by atoms with Crippen LogP contribution in [-0.2, 0) is 0 Å². The first-order chi connectivity index (χ1) is 7.98. The van der Waals surface area contributed by atoms with E-state index in [0.717, 1.165) is 24.7 Å². The predicted octanol–water partition coefficient (Wildman–Crippen LogP) is 1.09. The van der Waals surface area contributed by atoms with Crippen molar-refractivity contribution in [3.05, 3.63) is 18.1 Å². The van der Waals surface area contributed by atoms with Crippen molar-refractivity contribution in [1.29, 1.82) is 5.41 Å². The number of nitrogen functional groups attached to an aromatic ring is 1. The molecule has 3 N–H and O–H groups in total. The third kappa shape index (κ3) is 2.88. The molecule has 6 heteroatoms. The van der Waals surface area contributed by atoms with Crippen molar-refractivity contribution in [2.24, 2.45) is 5.73 Å². The Morgan fingerprint density at radius 2 is 2.24 bits per heavy atom. The fourth-order valence-corrected chi connectivity index (χ4v) is 2.95. The van der Waals surface area contributed by atoms with Gasteiger partial charge in [-0.3, -0.25) is 5.41 Å². The zero-order valence-corrected chi connectivity index (χ0v) is 10.9. The average molecular weight is 251 g/mol. The van der Waals surface area contributed by atoms with E-state index in [4.69, 9.17) is 11.1 Å². The Labute approximate surface area is 105 Å². The lowest BCUT2D eigenvalue weighted by molar-refractivity contribution is 0.641. The maximum atomic E-state index is 7.27. The molecule has 1 aromatic rings. The molecule has 1 aliphatic rings. The summed E-state index contributed by atoms with van der Waals surface area (Å²) in [7, 11) is 0. The van der Waals surface area contributed by atoms with Crippen LogP contribution in [0.25, 0.3) is 0 Å². The Balaban J connectivity index is 2.14. The molecule has 0 saturated carbocycles. The third-order valence-corrected chi connectivity index (χ3v) is 3.96. The molecule has 17 heavy (non-hydrogen) atoms. The number of hydrogen-bond donors (Lipinski definition) is 2. The molecule has 92 valence electrons. The van der Waals surface area contributed by atoms with E-state index in [9.17, 15) is 0 Å². The lowest BCUT2D eigenvalue weighted by Gasteiger charge is -2.38. The number of amidine groups is 1. The van der Waals surface area contributed by atoms with Gasteiger partial charge < -0.3 is 10.6 Å². The van der Waals surface area contributed by atoms with Gasteiger partial charge in [-0.15, -0.1) is 0 Å². The second-order valence-electron chi connectivity index (χ2n) is 4.70. The Hall–Kier alpha value is -1.30. The molecule has 0 aromatic carbocycles. The van der Waals surface area contributed by atoms with Crippen molar-refractivity contribution < 1.29 is 0 Å². The summed E-state index contributed by atoms with van der Waals surface area (Å²) >= 11 is 1.98. The summed E-state index contributed by atoms with van der Waals surface area (Å²) in [6.45, 7) is 6.43.